The van der Waals surface area contributed by atoms with Gasteiger partial charge in [0.15, 0.2) is 0 Å². The lowest BCUT2D eigenvalue weighted by molar-refractivity contribution is 1.31. The molecule has 0 atom stereocenters. The average molecular weight is 218 g/mol. The van der Waals surface area contributed by atoms with Gasteiger partial charge in [-0.05, 0) is 28.7 Å². The van der Waals surface area contributed by atoms with Crippen molar-refractivity contribution in [3.63, 3.8) is 0 Å². The van der Waals surface area contributed by atoms with Gasteiger partial charge in [0.2, 0.25) is 0 Å². The smallest absolute Gasteiger partial charge is 0.00135 e. The van der Waals surface area contributed by atoms with Gasteiger partial charge in [-0.1, -0.05) is 72.9 Å². The summed E-state index contributed by atoms with van der Waals surface area (Å²) in [5.74, 6) is 0. The predicted octanol–water partition coefficient (Wildman–Crippen LogP) is 4.35. The van der Waals surface area contributed by atoms with E-state index in [2.05, 4.69) is 48.6 Å². The van der Waals surface area contributed by atoms with Crippen molar-refractivity contribution in [1.82, 2.24) is 0 Å². The normalized spacial score (nSPS) is 30.6. The van der Waals surface area contributed by atoms with Gasteiger partial charge in [0, 0.05) is 0 Å². The molecule has 0 aromatic carbocycles. The van der Waals surface area contributed by atoms with Crippen LogP contribution < -0.4 is 0 Å². The van der Waals surface area contributed by atoms with Crippen LogP contribution in [-0.4, -0.2) is 0 Å². The van der Waals surface area contributed by atoms with Crippen LogP contribution in [0.2, 0.25) is 0 Å². The molecule has 0 N–H and O–H groups in total. The Hall–Kier alpha value is -2.08. The molecule has 0 amide bonds. The van der Waals surface area contributed by atoms with Crippen molar-refractivity contribution in [1.29, 1.82) is 0 Å². The maximum Gasteiger partial charge on any atom is -0.00135 e. The zero-order valence-electron chi connectivity index (χ0n) is 9.64. The first-order chi connectivity index (χ1) is 8.45. The van der Waals surface area contributed by atoms with Crippen molar-refractivity contribution < 1.29 is 0 Å². The second kappa shape index (κ2) is 4.42. The van der Waals surface area contributed by atoms with Gasteiger partial charge in [0.05, 0.1) is 0 Å². The molecule has 0 unspecified atom stereocenters. The SMILES string of the molecule is C1=CC2=C3\C=C/C=C\C=C/C=C\C=C/C3=C1C2. The molecular weight excluding hydrogens is 204 g/mol. The zero-order chi connectivity index (χ0) is 11.5. The summed E-state index contributed by atoms with van der Waals surface area (Å²) < 4.78 is 0. The molecule has 82 valence electrons. The first-order valence-corrected chi connectivity index (χ1v) is 5.95. The molecule has 0 aromatic heterocycles. The largest absolute Gasteiger partial charge is 0.0623 e. The minimum absolute atomic E-state index is 1.10. The Balaban J connectivity index is 2.05. The number of hydrogen-bond acceptors (Lipinski definition) is 0. The van der Waals surface area contributed by atoms with Crippen LogP contribution in [0.1, 0.15) is 6.42 Å². The summed E-state index contributed by atoms with van der Waals surface area (Å²) in [5.41, 5.74) is 5.64. The fraction of sp³-hybridized carbons (Fsp3) is 0.0588. The van der Waals surface area contributed by atoms with Gasteiger partial charge in [0.25, 0.3) is 0 Å². The van der Waals surface area contributed by atoms with Crippen molar-refractivity contribution in [2.75, 3.05) is 0 Å². The van der Waals surface area contributed by atoms with Crippen molar-refractivity contribution in [2.45, 2.75) is 6.42 Å². The molecule has 3 aliphatic carbocycles. The monoisotopic (exact) mass is 218 g/mol. The molecule has 17 heavy (non-hydrogen) atoms. The fourth-order valence-corrected chi connectivity index (χ4v) is 2.32. The summed E-state index contributed by atoms with van der Waals surface area (Å²) in [6.45, 7) is 0. The van der Waals surface area contributed by atoms with Gasteiger partial charge < -0.3 is 0 Å². The van der Waals surface area contributed by atoms with Crippen LogP contribution in [0.4, 0.5) is 0 Å². The van der Waals surface area contributed by atoms with Crippen LogP contribution in [0.15, 0.2) is 95.2 Å². The molecule has 0 fully saturated rings. The van der Waals surface area contributed by atoms with E-state index in [1.54, 1.807) is 0 Å². The highest BCUT2D eigenvalue weighted by Crippen LogP contribution is 2.40. The molecule has 3 aliphatic rings. The predicted molar refractivity (Wildman–Crippen MR) is 73.5 cm³/mol. The Morgan fingerprint density at radius 2 is 0.882 bits per heavy atom. The molecule has 0 heteroatoms. The van der Waals surface area contributed by atoms with Crippen molar-refractivity contribution in [3.8, 4) is 0 Å². The molecule has 0 aliphatic heterocycles. The number of fused-ring (bicyclic) bond motifs is 3. The summed E-state index contributed by atoms with van der Waals surface area (Å²) in [6, 6.07) is 0. The maximum atomic E-state index is 2.23. The summed E-state index contributed by atoms with van der Waals surface area (Å²) in [4.78, 5) is 0. The highest BCUT2D eigenvalue weighted by Gasteiger charge is 2.21. The zero-order valence-corrected chi connectivity index (χ0v) is 9.64. The summed E-state index contributed by atoms with van der Waals surface area (Å²) >= 11 is 0. The van der Waals surface area contributed by atoms with Crippen molar-refractivity contribution in [2.24, 2.45) is 0 Å². The fourth-order valence-electron chi connectivity index (χ4n) is 2.32. The van der Waals surface area contributed by atoms with Gasteiger partial charge in [-0.15, -0.1) is 0 Å². The minimum atomic E-state index is 1.10. The topological polar surface area (TPSA) is 0 Å². The van der Waals surface area contributed by atoms with Gasteiger partial charge in [-0.2, -0.15) is 0 Å². The van der Waals surface area contributed by atoms with Crippen molar-refractivity contribution in [3.05, 3.63) is 95.2 Å². The van der Waals surface area contributed by atoms with Crippen molar-refractivity contribution >= 4 is 0 Å². The lowest BCUT2D eigenvalue weighted by atomic mass is 10.0. The third-order valence-corrected chi connectivity index (χ3v) is 3.15. The van der Waals surface area contributed by atoms with E-state index in [1.807, 2.05) is 24.3 Å². The van der Waals surface area contributed by atoms with E-state index in [9.17, 15) is 0 Å². The average Bonchev–Trinajstić information content (AvgIpc) is 2.89. The van der Waals surface area contributed by atoms with Crippen LogP contribution in [0.25, 0.3) is 0 Å². The third-order valence-electron chi connectivity index (χ3n) is 3.15. The quantitative estimate of drug-likeness (QED) is 0.567. The molecule has 0 saturated carbocycles. The third kappa shape index (κ3) is 1.94. The molecule has 0 aromatic rings. The molecule has 0 saturated heterocycles. The molecule has 0 nitrogen and oxygen atoms in total. The summed E-state index contributed by atoms with van der Waals surface area (Å²) in [5, 5.41) is 0. The van der Waals surface area contributed by atoms with Crippen LogP contribution in [-0.2, 0) is 0 Å². The molecule has 3 rings (SSSR count). The Bertz CT molecular complexity index is 517. The van der Waals surface area contributed by atoms with E-state index in [0.717, 1.165) is 6.42 Å². The lowest BCUT2D eigenvalue weighted by Gasteiger charge is -2.04. The Labute approximate surface area is 102 Å². The van der Waals surface area contributed by atoms with E-state index in [-0.39, 0.29) is 0 Å². The Morgan fingerprint density at radius 3 is 1.35 bits per heavy atom. The Kier molecular flexibility index (Phi) is 2.63. The highest BCUT2D eigenvalue weighted by molar-refractivity contribution is 5.67. The van der Waals surface area contributed by atoms with Crippen LogP contribution in [0, 0.1) is 0 Å². The molecular formula is C17H14. The standard InChI is InChI=1S/C17H14/c1-2-4-6-8-10-17-15-12-11-14(13-15)16(17)9-7-5-3-1/h1-12H,13H2/b2-1-,3-1?,4-2?,5-3-,6-4-,7-5?,8-6?,9-7-,10-8-,16-9?,17-10?. The maximum absolute atomic E-state index is 2.23. The van der Waals surface area contributed by atoms with Crippen LogP contribution in [0.5, 0.6) is 0 Å². The lowest BCUT2D eigenvalue weighted by Crippen LogP contribution is -1.85. The van der Waals surface area contributed by atoms with Gasteiger partial charge >= 0.3 is 0 Å². The minimum Gasteiger partial charge on any atom is -0.0623 e. The number of rotatable bonds is 0. The van der Waals surface area contributed by atoms with E-state index in [1.165, 1.54) is 22.3 Å². The molecule has 0 spiro atoms. The van der Waals surface area contributed by atoms with Gasteiger partial charge in [-0.3, -0.25) is 0 Å². The van der Waals surface area contributed by atoms with E-state index in [0.29, 0.717) is 0 Å². The summed E-state index contributed by atoms with van der Waals surface area (Å²) in [6.07, 6.45) is 26.5. The molecule has 2 bridgehead atoms. The van der Waals surface area contributed by atoms with Gasteiger partial charge in [-0.25, -0.2) is 0 Å². The van der Waals surface area contributed by atoms with E-state index >= 15 is 0 Å². The van der Waals surface area contributed by atoms with Crippen LogP contribution in [0.3, 0.4) is 0 Å². The summed E-state index contributed by atoms with van der Waals surface area (Å²) in [7, 11) is 0. The molecule has 0 radical (unpaired) electrons. The Morgan fingerprint density at radius 1 is 0.471 bits per heavy atom. The number of hydrogen-bond donors (Lipinski definition) is 0. The highest BCUT2D eigenvalue weighted by atomic mass is 14.3. The van der Waals surface area contributed by atoms with E-state index in [4.69, 9.17) is 0 Å². The number of allylic oxidation sites excluding steroid dienone is 16. The second-order valence-electron chi connectivity index (χ2n) is 4.26. The van der Waals surface area contributed by atoms with Gasteiger partial charge in [0.1, 0.15) is 0 Å². The first kappa shape index (κ1) is 10.1. The molecule has 0 heterocycles. The first-order valence-electron chi connectivity index (χ1n) is 5.95. The van der Waals surface area contributed by atoms with Crippen LogP contribution >= 0.6 is 0 Å². The van der Waals surface area contributed by atoms with E-state index < -0.39 is 0 Å². The second-order valence-corrected chi connectivity index (χ2v) is 4.26.